The summed E-state index contributed by atoms with van der Waals surface area (Å²) < 4.78 is 12.8. The minimum Gasteiger partial charge on any atom is -0.350 e. The molecule has 0 fully saturated rings. The summed E-state index contributed by atoms with van der Waals surface area (Å²) in [6, 6.07) is 13.3. The fraction of sp³-hybridized carbons (Fsp3) is 0.278. The fourth-order valence-electron chi connectivity index (χ4n) is 2.15. The number of hydrogen-bond acceptors (Lipinski definition) is 2. The van der Waals surface area contributed by atoms with Gasteiger partial charge in [0, 0.05) is 18.2 Å². The quantitative estimate of drug-likeness (QED) is 0.872. The van der Waals surface area contributed by atoms with E-state index in [1.165, 1.54) is 29.8 Å². The number of carbonyl (C=O) groups excluding carboxylic acids is 1. The first kappa shape index (κ1) is 19.1. The average molecular weight is 337 g/mol. The van der Waals surface area contributed by atoms with Crippen molar-refractivity contribution in [3.8, 4) is 0 Å². The Morgan fingerprint density at radius 3 is 2.09 bits per heavy atom. The minimum absolute atomic E-state index is 0. The topological polar surface area (TPSA) is 55.1 Å². The van der Waals surface area contributed by atoms with Crippen molar-refractivity contribution in [2.45, 2.75) is 25.8 Å². The summed E-state index contributed by atoms with van der Waals surface area (Å²) in [6.07, 6.45) is 0. The van der Waals surface area contributed by atoms with E-state index in [2.05, 4.69) is 31.3 Å². The summed E-state index contributed by atoms with van der Waals surface area (Å²) in [5.74, 6) is -0.142. The van der Waals surface area contributed by atoms with Crippen LogP contribution in [0.15, 0.2) is 48.5 Å². The van der Waals surface area contributed by atoms with Gasteiger partial charge in [-0.15, -0.1) is 12.4 Å². The number of halogens is 2. The van der Waals surface area contributed by atoms with Crippen LogP contribution < -0.4 is 11.1 Å². The number of carbonyl (C=O) groups is 1. The van der Waals surface area contributed by atoms with Gasteiger partial charge in [-0.3, -0.25) is 4.79 Å². The highest BCUT2D eigenvalue weighted by atomic mass is 35.5. The lowest BCUT2D eigenvalue weighted by atomic mass is 9.99. The summed E-state index contributed by atoms with van der Waals surface area (Å²) in [6.45, 7) is 4.60. The number of nitrogens with two attached hydrogens (primary N) is 1. The van der Waals surface area contributed by atoms with Gasteiger partial charge in [-0.2, -0.15) is 0 Å². The Morgan fingerprint density at radius 2 is 1.57 bits per heavy atom. The second kappa shape index (κ2) is 8.65. The third-order valence-corrected chi connectivity index (χ3v) is 3.62. The van der Waals surface area contributed by atoms with Gasteiger partial charge in [0.2, 0.25) is 0 Å². The molecular weight excluding hydrogens is 315 g/mol. The standard InChI is InChI=1S/C18H21FN2O.ClH/c1-12(2)13-3-5-14(6-4-13)17(20)11-21-18(22)15-7-9-16(19)10-8-15;/h3-10,12,17H,11,20H2,1-2H3,(H,21,22);1H. The lowest BCUT2D eigenvalue weighted by Gasteiger charge is -2.14. The van der Waals surface area contributed by atoms with Gasteiger partial charge in [0.05, 0.1) is 0 Å². The van der Waals surface area contributed by atoms with Gasteiger partial charge in [0.15, 0.2) is 0 Å². The molecule has 0 aliphatic carbocycles. The monoisotopic (exact) mass is 336 g/mol. The molecule has 0 saturated carbocycles. The Kier molecular flexibility index (Phi) is 7.20. The zero-order valence-electron chi connectivity index (χ0n) is 13.3. The molecule has 2 rings (SSSR count). The van der Waals surface area contributed by atoms with Gasteiger partial charge in [0.1, 0.15) is 5.82 Å². The molecule has 1 amide bonds. The summed E-state index contributed by atoms with van der Waals surface area (Å²) in [4.78, 5) is 11.9. The van der Waals surface area contributed by atoms with Crippen LogP contribution in [0, 0.1) is 5.82 Å². The van der Waals surface area contributed by atoms with Crippen molar-refractivity contribution in [2.75, 3.05) is 6.54 Å². The SMILES string of the molecule is CC(C)c1ccc(C(N)CNC(=O)c2ccc(F)cc2)cc1.Cl. The van der Waals surface area contributed by atoms with Gasteiger partial charge in [-0.05, 0) is 41.3 Å². The zero-order chi connectivity index (χ0) is 16.1. The molecule has 0 spiro atoms. The molecule has 1 atom stereocenters. The summed E-state index contributed by atoms with van der Waals surface area (Å²) in [7, 11) is 0. The van der Waals surface area contributed by atoms with Crippen molar-refractivity contribution < 1.29 is 9.18 Å². The Labute approximate surface area is 142 Å². The predicted octanol–water partition coefficient (Wildman–Crippen LogP) is 3.80. The minimum atomic E-state index is -0.363. The van der Waals surface area contributed by atoms with E-state index >= 15 is 0 Å². The number of benzene rings is 2. The molecule has 0 saturated heterocycles. The van der Waals surface area contributed by atoms with E-state index in [9.17, 15) is 9.18 Å². The van der Waals surface area contributed by atoms with E-state index in [1.807, 2.05) is 12.1 Å². The Hall–Kier alpha value is -1.91. The van der Waals surface area contributed by atoms with Crippen molar-refractivity contribution >= 4 is 18.3 Å². The highest BCUT2D eigenvalue weighted by Gasteiger charge is 2.10. The molecule has 0 heterocycles. The Bertz CT molecular complexity index is 626. The van der Waals surface area contributed by atoms with Gasteiger partial charge in [-0.1, -0.05) is 38.1 Å². The van der Waals surface area contributed by atoms with Crippen LogP contribution in [0.4, 0.5) is 4.39 Å². The largest absolute Gasteiger partial charge is 0.350 e. The molecule has 5 heteroatoms. The normalized spacial score (nSPS) is 11.7. The second-order valence-corrected chi connectivity index (χ2v) is 5.64. The molecule has 3 nitrogen and oxygen atoms in total. The van der Waals surface area contributed by atoms with Crippen molar-refractivity contribution in [1.29, 1.82) is 0 Å². The molecule has 2 aromatic rings. The van der Waals surface area contributed by atoms with E-state index in [0.29, 0.717) is 18.0 Å². The zero-order valence-corrected chi connectivity index (χ0v) is 14.1. The van der Waals surface area contributed by atoms with Crippen LogP contribution in [0.25, 0.3) is 0 Å². The maximum absolute atomic E-state index is 12.8. The molecule has 0 aliphatic heterocycles. The maximum atomic E-state index is 12.8. The van der Waals surface area contributed by atoms with E-state index in [4.69, 9.17) is 5.73 Å². The third kappa shape index (κ3) is 5.34. The predicted molar refractivity (Wildman–Crippen MR) is 93.4 cm³/mol. The van der Waals surface area contributed by atoms with E-state index in [1.54, 1.807) is 0 Å². The van der Waals surface area contributed by atoms with Crippen molar-refractivity contribution in [3.05, 3.63) is 71.0 Å². The Balaban J connectivity index is 0.00000264. The maximum Gasteiger partial charge on any atom is 0.251 e. The summed E-state index contributed by atoms with van der Waals surface area (Å²) in [5.41, 5.74) is 8.75. The van der Waals surface area contributed by atoms with Gasteiger partial charge in [-0.25, -0.2) is 4.39 Å². The number of rotatable bonds is 5. The molecule has 0 bridgehead atoms. The van der Waals surface area contributed by atoms with E-state index in [0.717, 1.165) is 5.56 Å². The molecule has 0 radical (unpaired) electrons. The van der Waals surface area contributed by atoms with Crippen LogP contribution in [0.2, 0.25) is 0 Å². The molecule has 1 unspecified atom stereocenters. The first-order chi connectivity index (χ1) is 10.5. The molecule has 0 aromatic heterocycles. The van der Waals surface area contributed by atoms with Crippen molar-refractivity contribution in [3.63, 3.8) is 0 Å². The van der Waals surface area contributed by atoms with Crippen LogP contribution in [0.3, 0.4) is 0 Å². The van der Waals surface area contributed by atoms with Crippen molar-refractivity contribution in [1.82, 2.24) is 5.32 Å². The summed E-state index contributed by atoms with van der Waals surface area (Å²) >= 11 is 0. The van der Waals surface area contributed by atoms with Gasteiger partial charge in [0.25, 0.3) is 5.91 Å². The molecule has 2 aromatic carbocycles. The second-order valence-electron chi connectivity index (χ2n) is 5.64. The first-order valence-corrected chi connectivity index (χ1v) is 7.36. The molecule has 124 valence electrons. The number of hydrogen-bond donors (Lipinski definition) is 2. The average Bonchev–Trinajstić information content (AvgIpc) is 2.53. The van der Waals surface area contributed by atoms with Gasteiger partial charge < -0.3 is 11.1 Å². The van der Waals surface area contributed by atoms with Crippen LogP contribution in [0.1, 0.15) is 47.3 Å². The highest BCUT2D eigenvalue weighted by molar-refractivity contribution is 5.94. The lowest BCUT2D eigenvalue weighted by Crippen LogP contribution is -2.31. The highest BCUT2D eigenvalue weighted by Crippen LogP contribution is 2.17. The van der Waals surface area contributed by atoms with E-state index in [-0.39, 0.29) is 30.2 Å². The van der Waals surface area contributed by atoms with Crippen molar-refractivity contribution in [2.24, 2.45) is 5.73 Å². The lowest BCUT2D eigenvalue weighted by molar-refractivity contribution is 0.0951. The van der Waals surface area contributed by atoms with Crippen LogP contribution >= 0.6 is 12.4 Å². The molecule has 23 heavy (non-hydrogen) atoms. The molecule has 3 N–H and O–H groups in total. The number of amides is 1. The molecule has 0 aliphatic rings. The molecular formula is C18H22ClFN2O. The fourth-order valence-corrected chi connectivity index (χ4v) is 2.15. The van der Waals surface area contributed by atoms with Gasteiger partial charge >= 0.3 is 0 Å². The number of nitrogens with one attached hydrogen (secondary N) is 1. The smallest absolute Gasteiger partial charge is 0.251 e. The first-order valence-electron chi connectivity index (χ1n) is 7.36. The van der Waals surface area contributed by atoms with Crippen LogP contribution in [0.5, 0.6) is 0 Å². The van der Waals surface area contributed by atoms with E-state index < -0.39 is 0 Å². The van der Waals surface area contributed by atoms with Crippen LogP contribution in [-0.2, 0) is 0 Å². The Morgan fingerprint density at radius 1 is 1.04 bits per heavy atom. The summed E-state index contributed by atoms with van der Waals surface area (Å²) in [5, 5.41) is 2.77. The third-order valence-electron chi connectivity index (χ3n) is 3.62. The van der Waals surface area contributed by atoms with Crippen LogP contribution in [-0.4, -0.2) is 12.5 Å².